The Hall–Kier alpha value is -4.17. The summed E-state index contributed by atoms with van der Waals surface area (Å²) in [5.41, 5.74) is 4.04. The molecule has 0 unspecified atom stereocenters. The summed E-state index contributed by atoms with van der Waals surface area (Å²) in [5.74, 6) is -0.458. The number of hydrogen-bond acceptors (Lipinski definition) is 5. The molecule has 0 saturated heterocycles. The maximum Gasteiger partial charge on any atom is 0.275 e. The Labute approximate surface area is 202 Å². The minimum absolute atomic E-state index is 0.0565. The Bertz CT molecular complexity index is 1650. The minimum Gasteiger partial charge on any atom is -0.267 e. The van der Waals surface area contributed by atoms with Crippen LogP contribution in [-0.4, -0.2) is 23.2 Å². The number of pyridine rings is 1. The van der Waals surface area contributed by atoms with Crippen molar-refractivity contribution in [2.45, 2.75) is 12.3 Å². The third kappa shape index (κ3) is 4.88. The molecule has 2 aromatic heterocycles. The highest BCUT2D eigenvalue weighted by Crippen LogP contribution is 2.29. The summed E-state index contributed by atoms with van der Waals surface area (Å²) in [4.78, 5) is 18.3. The van der Waals surface area contributed by atoms with Crippen LogP contribution in [0.15, 0.2) is 95.9 Å². The molecule has 174 valence electrons. The third-order valence-corrected chi connectivity index (χ3v) is 6.34. The van der Waals surface area contributed by atoms with Gasteiger partial charge in [-0.1, -0.05) is 60.7 Å². The van der Waals surface area contributed by atoms with E-state index in [4.69, 9.17) is 0 Å². The first-order valence-electron chi connectivity index (χ1n) is 10.9. The number of benzene rings is 3. The molecule has 0 aliphatic heterocycles. The summed E-state index contributed by atoms with van der Waals surface area (Å²) in [6.07, 6.45) is 1.60. The molecule has 8 heteroatoms. The predicted molar refractivity (Wildman–Crippen MR) is 134 cm³/mol. The van der Waals surface area contributed by atoms with Gasteiger partial charge in [-0.2, -0.15) is 5.10 Å². The van der Waals surface area contributed by atoms with Crippen LogP contribution >= 0.6 is 0 Å². The zero-order valence-electron chi connectivity index (χ0n) is 18.5. The average molecular weight is 486 g/mol. The lowest BCUT2D eigenvalue weighted by molar-refractivity contribution is 0.614. The van der Waals surface area contributed by atoms with Crippen molar-refractivity contribution in [3.63, 3.8) is 0 Å². The number of rotatable bonds is 6. The van der Waals surface area contributed by atoms with E-state index < -0.39 is 16.5 Å². The van der Waals surface area contributed by atoms with Crippen LogP contribution in [0.25, 0.3) is 33.2 Å². The fourth-order valence-corrected chi connectivity index (χ4v) is 4.51. The van der Waals surface area contributed by atoms with Crippen LogP contribution in [0.1, 0.15) is 11.3 Å². The topological polar surface area (TPSA) is 81.9 Å². The van der Waals surface area contributed by atoms with Gasteiger partial charge in [-0.3, -0.25) is 9.78 Å². The normalized spacial score (nSPS) is 11.3. The van der Waals surface area contributed by atoms with Gasteiger partial charge >= 0.3 is 0 Å². The molecule has 6 nitrogen and oxygen atoms in total. The van der Waals surface area contributed by atoms with Crippen molar-refractivity contribution in [3.8, 4) is 22.3 Å². The molecule has 5 aromatic rings. The van der Waals surface area contributed by atoms with Crippen molar-refractivity contribution in [1.29, 1.82) is 0 Å². The van der Waals surface area contributed by atoms with Crippen LogP contribution in [0.4, 0.5) is 4.39 Å². The zero-order valence-corrected chi connectivity index (χ0v) is 19.4. The molecule has 2 heterocycles. The second-order valence-corrected chi connectivity index (χ2v) is 9.07. The lowest BCUT2D eigenvalue weighted by Crippen LogP contribution is -2.26. The van der Waals surface area contributed by atoms with Crippen molar-refractivity contribution in [1.82, 2.24) is 14.8 Å². The summed E-state index contributed by atoms with van der Waals surface area (Å²) in [5, 5.41) is 5.40. The monoisotopic (exact) mass is 485 g/mol. The zero-order chi connectivity index (χ0) is 24.4. The number of fused-ring (bicyclic) bond motifs is 1. The fraction of sp³-hybridized carbons (Fsp3) is 0.0741. The number of hydrogen-bond donors (Lipinski definition) is 1. The van der Waals surface area contributed by atoms with Gasteiger partial charge in [0.25, 0.3) is 5.56 Å². The Morgan fingerprint density at radius 2 is 1.54 bits per heavy atom. The third-order valence-electron chi connectivity index (χ3n) is 5.72. The van der Waals surface area contributed by atoms with Crippen molar-refractivity contribution in [2.24, 2.45) is 0 Å². The second-order valence-electron chi connectivity index (χ2n) is 8.09. The van der Waals surface area contributed by atoms with Gasteiger partial charge < -0.3 is 0 Å². The lowest BCUT2D eigenvalue weighted by atomic mass is 9.96. The number of thiol groups is 1. The molecule has 0 spiro atoms. The van der Waals surface area contributed by atoms with Crippen molar-refractivity contribution in [2.75, 3.05) is 0 Å². The molecule has 0 aliphatic carbocycles. The highest BCUT2D eigenvalue weighted by Gasteiger charge is 2.16. The molecule has 3 aromatic carbocycles. The number of aromatic nitrogens is 3. The molecular formula is C27H20FN3O3S. The Kier molecular flexibility index (Phi) is 6.20. The Morgan fingerprint density at radius 1 is 0.829 bits per heavy atom. The molecule has 0 aliphatic rings. The van der Waals surface area contributed by atoms with Crippen LogP contribution < -0.4 is 5.56 Å². The van der Waals surface area contributed by atoms with Crippen molar-refractivity contribution < 1.29 is 12.8 Å². The smallest absolute Gasteiger partial charge is 0.267 e. The predicted octanol–water partition coefficient (Wildman–Crippen LogP) is 4.42. The molecule has 0 fully saturated rings. The highest BCUT2D eigenvalue weighted by atomic mass is 32.2. The maximum absolute atomic E-state index is 13.6. The largest absolute Gasteiger partial charge is 0.275 e. The van der Waals surface area contributed by atoms with Crippen LogP contribution in [0, 0.1) is 5.82 Å². The first-order chi connectivity index (χ1) is 17.0. The van der Waals surface area contributed by atoms with E-state index in [1.54, 1.807) is 42.6 Å². The van der Waals surface area contributed by atoms with Gasteiger partial charge in [0.15, 0.2) is 0 Å². The molecule has 0 saturated carbocycles. The molecule has 0 bridgehead atoms. The van der Waals surface area contributed by atoms with Crippen LogP contribution in [-0.2, 0) is 23.0 Å². The van der Waals surface area contributed by atoms with Crippen LogP contribution in [0.5, 0.6) is 0 Å². The maximum atomic E-state index is 13.6. The molecule has 5 rings (SSSR count). The van der Waals surface area contributed by atoms with E-state index in [0.29, 0.717) is 33.5 Å². The SMILES string of the molecule is O=c1c(-c2ccc(F)cc2)c(-c2ccc(C[SH](=O)=O)cc2)cnn1Cc1ccc2ccccc2n1. The van der Waals surface area contributed by atoms with Gasteiger partial charge in [0.1, 0.15) is 16.5 Å². The van der Waals surface area contributed by atoms with Gasteiger partial charge in [0.2, 0.25) is 0 Å². The quantitative estimate of drug-likeness (QED) is 0.360. The molecule has 35 heavy (non-hydrogen) atoms. The molecule has 0 atom stereocenters. The van der Waals surface area contributed by atoms with Crippen LogP contribution in [0.3, 0.4) is 0 Å². The molecule has 0 N–H and O–H groups in total. The van der Waals surface area contributed by atoms with Gasteiger partial charge in [-0.15, -0.1) is 0 Å². The Morgan fingerprint density at radius 3 is 2.29 bits per heavy atom. The van der Waals surface area contributed by atoms with Gasteiger partial charge in [0.05, 0.1) is 35.3 Å². The van der Waals surface area contributed by atoms with E-state index in [1.807, 2.05) is 36.4 Å². The highest BCUT2D eigenvalue weighted by molar-refractivity contribution is 7.71. The van der Waals surface area contributed by atoms with Crippen LogP contribution in [0.2, 0.25) is 0 Å². The number of nitrogens with zero attached hydrogens (tertiary/aromatic N) is 3. The number of para-hydroxylation sites is 1. The summed E-state index contributed by atoms with van der Waals surface area (Å²) in [7, 11) is -2.54. The van der Waals surface area contributed by atoms with E-state index in [2.05, 4.69) is 10.1 Å². The molecular weight excluding hydrogens is 465 g/mol. The first-order valence-corrected chi connectivity index (χ1v) is 12.3. The minimum atomic E-state index is -2.54. The van der Waals surface area contributed by atoms with Gasteiger partial charge in [-0.05, 0) is 41.0 Å². The first kappa shape index (κ1) is 22.6. The summed E-state index contributed by atoms with van der Waals surface area (Å²) < 4.78 is 37.0. The molecule has 0 radical (unpaired) electrons. The van der Waals surface area contributed by atoms with E-state index in [1.165, 1.54) is 16.8 Å². The fourth-order valence-electron chi connectivity index (χ4n) is 4.00. The van der Waals surface area contributed by atoms with E-state index in [0.717, 1.165) is 10.9 Å². The van der Waals surface area contributed by atoms with Crippen molar-refractivity contribution in [3.05, 3.63) is 119 Å². The van der Waals surface area contributed by atoms with Gasteiger partial charge in [-0.25, -0.2) is 17.5 Å². The van der Waals surface area contributed by atoms with E-state index in [9.17, 15) is 17.6 Å². The van der Waals surface area contributed by atoms with Gasteiger partial charge in [0, 0.05) is 10.9 Å². The lowest BCUT2D eigenvalue weighted by Gasteiger charge is -2.13. The number of halogens is 1. The average Bonchev–Trinajstić information content (AvgIpc) is 2.86. The second kappa shape index (κ2) is 9.60. The standard InChI is InChI=1S/C27H20FN3O3S/c28-22-12-9-21(10-13-22)26-24(19-7-5-18(6-8-19)17-35(33)34)15-29-31(27(26)32)16-23-14-11-20-3-1-2-4-25(20)30-23/h1-15,35H,16-17H2. The van der Waals surface area contributed by atoms with E-state index >= 15 is 0 Å². The van der Waals surface area contributed by atoms with E-state index in [-0.39, 0.29) is 17.9 Å². The summed E-state index contributed by atoms with van der Waals surface area (Å²) in [6, 6.07) is 24.2. The summed E-state index contributed by atoms with van der Waals surface area (Å²) >= 11 is 0. The Balaban J connectivity index is 1.60. The van der Waals surface area contributed by atoms with Crippen molar-refractivity contribution >= 4 is 21.6 Å². The summed E-state index contributed by atoms with van der Waals surface area (Å²) in [6.45, 7) is 0.174. The molecule has 0 amide bonds.